The van der Waals surface area contributed by atoms with Gasteiger partial charge < -0.3 is 20.1 Å². The van der Waals surface area contributed by atoms with Gasteiger partial charge in [0.2, 0.25) is 11.7 Å². The third kappa shape index (κ3) is 3.57. The van der Waals surface area contributed by atoms with Crippen molar-refractivity contribution >= 4 is 17.2 Å². The van der Waals surface area contributed by atoms with Gasteiger partial charge in [-0.25, -0.2) is 9.37 Å². The maximum atomic E-state index is 14.6. The van der Waals surface area contributed by atoms with E-state index in [1.165, 1.54) is 30.4 Å². The molecular formula is C19H15FN4O4S. The van der Waals surface area contributed by atoms with E-state index in [1.54, 1.807) is 6.92 Å². The Balaban J connectivity index is 1.79. The zero-order valence-corrected chi connectivity index (χ0v) is 16.3. The van der Waals surface area contributed by atoms with Gasteiger partial charge in [-0.3, -0.25) is 4.79 Å². The maximum absolute atomic E-state index is 14.6. The minimum Gasteiger partial charge on any atom is -0.492 e. The number of thiazole rings is 1. The first-order valence-electron chi connectivity index (χ1n) is 8.57. The predicted octanol–water partition coefficient (Wildman–Crippen LogP) is 1.93. The van der Waals surface area contributed by atoms with Crippen molar-refractivity contribution in [2.45, 2.75) is 25.9 Å². The normalized spacial score (nSPS) is 14.5. The molecule has 1 aromatic carbocycles. The predicted molar refractivity (Wildman–Crippen MR) is 101 cm³/mol. The van der Waals surface area contributed by atoms with Crippen molar-refractivity contribution < 1.29 is 23.6 Å². The first-order valence-corrected chi connectivity index (χ1v) is 9.39. The van der Waals surface area contributed by atoms with Crippen LogP contribution in [0.4, 0.5) is 4.39 Å². The lowest BCUT2D eigenvalue weighted by molar-refractivity contribution is 0.0999. The Labute approximate surface area is 168 Å². The van der Waals surface area contributed by atoms with Gasteiger partial charge in [-0.05, 0) is 13.0 Å². The smallest absolute Gasteiger partial charge is 0.277 e. The number of primary amides is 1. The Morgan fingerprint density at radius 1 is 1.41 bits per heavy atom. The highest BCUT2D eigenvalue weighted by Gasteiger charge is 2.27. The van der Waals surface area contributed by atoms with Gasteiger partial charge in [-0.1, -0.05) is 17.0 Å². The number of nitrogens with zero attached hydrogens (tertiary/aromatic N) is 3. The molecule has 1 amide bonds. The van der Waals surface area contributed by atoms with Gasteiger partial charge in [0.25, 0.3) is 5.91 Å². The summed E-state index contributed by atoms with van der Waals surface area (Å²) >= 11 is 1.19. The molecule has 0 unspecified atom stereocenters. The molecule has 1 aliphatic rings. The van der Waals surface area contributed by atoms with E-state index in [4.69, 9.17) is 15.0 Å². The second kappa shape index (κ2) is 6.95. The molecule has 148 valence electrons. The number of nitrogens with two attached hydrogens (primary N) is 1. The van der Waals surface area contributed by atoms with Crippen LogP contribution in [0.1, 0.15) is 38.9 Å². The van der Waals surface area contributed by atoms with E-state index >= 15 is 0 Å². The first kappa shape index (κ1) is 19.0. The van der Waals surface area contributed by atoms with Crippen LogP contribution in [-0.2, 0) is 12.0 Å². The number of aromatic nitrogens is 3. The van der Waals surface area contributed by atoms with E-state index in [0.717, 1.165) is 4.88 Å². The lowest BCUT2D eigenvalue weighted by Crippen LogP contribution is -2.20. The number of carbonyl (C=O) groups excluding carboxylic acids is 1. The fraction of sp³-hybridized carbons (Fsp3) is 0.263. The first-order chi connectivity index (χ1) is 13.7. The maximum Gasteiger partial charge on any atom is 0.277 e. The van der Waals surface area contributed by atoms with Crippen molar-refractivity contribution in [1.82, 2.24) is 15.1 Å². The van der Waals surface area contributed by atoms with Crippen LogP contribution in [0.25, 0.3) is 11.3 Å². The zero-order chi connectivity index (χ0) is 20.8. The lowest BCUT2D eigenvalue weighted by atomic mass is 10.0. The van der Waals surface area contributed by atoms with E-state index in [-0.39, 0.29) is 22.3 Å². The van der Waals surface area contributed by atoms with Crippen LogP contribution in [0.5, 0.6) is 5.75 Å². The molecule has 1 aliphatic heterocycles. The van der Waals surface area contributed by atoms with E-state index in [0.29, 0.717) is 30.0 Å². The standard InChI is InChI=1S/C19H15FN4O4S/c1-9-22-18(24-28-9)19(2,26)5-3-10-7-11-13(8-12(10)20)27-6-4-14-15(11)23-17(29-14)16(21)25/h7-8,26H,4,6H2,1-2H3,(H2,21,25)/t19-/m1/s1. The molecule has 0 bridgehead atoms. The fourth-order valence-electron chi connectivity index (χ4n) is 2.79. The van der Waals surface area contributed by atoms with Crippen molar-refractivity contribution in [3.63, 3.8) is 0 Å². The molecular weight excluding hydrogens is 399 g/mol. The van der Waals surface area contributed by atoms with Gasteiger partial charge in [0.1, 0.15) is 11.6 Å². The van der Waals surface area contributed by atoms with Crippen molar-refractivity contribution in [1.29, 1.82) is 0 Å². The monoisotopic (exact) mass is 414 g/mol. The van der Waals surface area contributed by atoms with Crippen LogP contribution in [0.15, 0.2) is 16.7 Å². The number of aliphatic hydroxyl groups is 1. The molecule has 2 aromatic heterocycles. The molecule has 1 atom stereocenters. The number of halogens is 1. The molecule has 0 saturated carbocycles. The third-order valence-corrected chi connectivity index (χ3v) is 5.35. The van der Waals surface area contributed by atoms with Crippen LogP contribution in [0, 0.1) is 24.6 Å². The second-order valence-electron chi connectivity index (χ2n) is 6.54. The van der Waals surface area contributed by atoms with Crippen molar-refractivity contribution in [2.24, 2.45) is 5.73 Å². The van der Waals surface area contributed by atoms with Crippen LogP contribution < -0.4 is 10.5 Å². The number of ether oxygens (including phenoxy) is 1. The van der Waals surface area contributed by atoms with Gasteiger partial charge >= 0.3 is 0 Å². The largest absolute Gasteiger partial charge is 0.492 e. The van der Waals surface area contributed by atoms with E-state index in [9.17, 15) is 14.3 Å². The summed E-state index contributed by atoms with van der Waals surface area (Å²) in [5, 5.41) is 14.3. The molecule has 29 heavy (non-hydrogen) atoms. The molecule has 4 rings (SSSR count). The Hall–Kier alpha value is -3.29. The summed E-state index contributed by atoms with van der Waals surface area (Å²) in [5.41, 5.74) is 4.64. The summed E-state index contributed by atoms with van der Waals surface area (Å²) in [6.45, 7) is 3.28. The van der Waals surface area contributed by atoms with Gasteiger partial charge in [0, 0.05) is 29.9 Å². The molecule has 3 aromatic rings. The van der Waals surface area contributed by atoms with Gasteiger partial charge in [-0.15, -0.1) is 11.3 Å². The third-order valence-electron chi connectivity index (χ3n) is 4.22. The molecule has 0 radical (unpaired) electrons. The van der Waals surface area contributed by atoms with Gasteiger partial charge in [0.05, 0.1) is 17.9 Å². The van der Waals surface area contributed by atoms with Crippen molar-refractivity contribution in [2.75, 3.05) is 6.61 Å². The van der Waals surface area contributed by atoms with Crippen molar-refractivity contribution in [3.05, 3.63) is 45.1 Å². The quantitative estimate of drug-likeness (QED) is 0.614. The van der Waals surface area contributed by atoms with E-state index < -0.39 is 17.3 Å². The average Bonchev–Trinajstić information content (AvgIpc) is 3.25. The van der Waals surface area contributed by atoms with Crippen LogP contribution in [-0.4, -0.2) is 32.7 Å². The average molecular weight is 414 g/mol. The summed E-state index contributed by atoms with van der Waals surface area (Å²) in [4.78, 5) is 20.6. The highest BCUT2D eigenvalue weighted by Crippen LogP contribution is 2.38. The fourth-order valence-corrected chi connectivity index (χ4v) is 3.70. The number of rotatable bonds is 2. The molecule has 3 heterocycles. The molecule has 8 nitrogen and oxygen atoms in total. The summed E-state index contributed by atoms with van der Waals surface area (Å²) < 4.78 is 25.1. The number of fused-ring (bicyclic) bond motifs is 3. The highest BCUT2D eigenvalue weighted by molar-refractivity contribution is 7.14. The zero-order valence-electron chi connectivity index (χ0n) is 15.4. The number of amides is 1. The summed E-state index contributed by atoms with van der Waals surface area (Å²) in [5.74, 6) is 4.50. The Morgan fingerprint density at radius 2 is 2.21 bits per heavy atom. The van der Waals surface area contributed by atoms with Gasteiger partial charge in [-0.2, -0.15) is 4.98 Å². The van der Waals surface area contributed by atoms with Crippen LogP contribution in [0.3, 0.4) is 0 Å². The Bertz CT molecular complexity index is 1190. The molecule has 0 fully saturated rings. The van der Waals surface area contributed by atoms with Crippen LogP contribution in [0.2, 0.25) is 0 Å². The van der Waals surface area contributed by atoms with Gasteiger partial charge in [0.15, 0.2) is 10.6 Å². The van der Waals surface area contributed by atoms with E-state index in [2.05, 4.69) is 27.0 Å². The molecule has 10 heteroatoms. The number of carbonyl (C=O) groups is 1. The number of benzene rings is 1. The lowest BCUT2D eigenvalue weighted by Gasteiger charge is -2.11. The SMILES string of the molecule is Cc1nc([C@](C)(O)C#Cc2cc3c(cc2F)OCCc2sc(C(N)=O)nc2-3)no1. The summed E-state index contributed by atoms with van der Waals surface area (Å²) in [7, 11) is 0. The number of aryl methyl sites for hydroxylation is 1. The Kier molecular flexibility index (Phi) is 4.56. The van der Waals surface area contributed by atoms with E-state index in [1.807, 2.05) is 0 Å². The minimum absolute atomic E-state index is 0.0195. The molecule has 0 saturated heterocycles. The summed E-state index contributed by atoms with van der Waals surface area (Å²) in [6, 6.07) is 2.69. The number of hydrogen-bond donors (Lipinski definition) is 2. The summed E-state index contributed by atoms with van der Waals surface area (Å²) in [6.07, 6.45) is 0.517. The highest BCUT2D eigenvalue weighted by atomic mass is 32.1. The van der Waals surface area contributed by atoms with Crippen LogP contribution >= 0.6 is 11.3 Å². The van der Waals surface area contributed by atoms with Crippen molar-refractivity contribution in [3.8, 4) is 28.8 Å². The second-order valence-corrected chi connectivity index (χ2v) is 7.62. The molecule has 0 aliphatic carbocycles. The molecule has 0 spiro atoms. The number of hydrogen-bond acceptors (Lipinski definition) is 8. The minimum atomic E-state index is -1.74. The Morgan fingerprint density at radius 3 is 2.90 bits per heavy atom. The topological polar surface area (TPSA) is 124 Å². The molecule has 3 N–H and O–H groups in total.